The maximum atomic E-state index is 12.5. The fourth-order valence-electron chi connectivity index (χ4n) is 4.48. The molecule has 2 atom stereocenters. The summed E-state index contributed by atoms with van der Waals surface area (Å²) in [6, 6.07) is 15.7. The van der Waals surface area contributed by atoms with Gasteiger partial charge in [-0.1, -0.05) is 42.1 Å². The number of carbonyl (C=O) groups excluding carboxylic acids is 1. The Balaban J connectivity index is 1.66. The molecule has 0 saturated carbocycles. The van der Waals surface area contributed by atoms with Crippen LogP contribution in [0, 0.1) is 13.8 Å². The fraction of sp³-hybridized carbons (Fsp3) is 0.333. The average molecular weight is 768 g/mol. The summed E-state index contributed by atoms with van der Waals surface area (Å²) in [4.78, 5) is 20.4. The minimum atomic E-state index is -4.79. The molecule has 3 aromatic rings. The summed E-state index contributed by atoms with van der Waals surface area (Å²) in [5, 5.41) is 3.86. The minimum absolute atomic E-state index is 0.139. The molecule has 0 bridgehead atoms. The second-order valence-electron chi connectivity index (χ2n) is 11.4. The van der Waals surface area contributed by atoms with Gasteiger partial charge in [-0.3, -0.25) is 5.43 Å². The smallest absolute Gasteiger partial charge is 0.497 e. The molecule has 3 N–H and O–H groups in total. The molecule has 0 aromatic heterocycles. The molecule has 0 aliphatic rings. The number of aliphatic imine (C=N–C) groups is 2. The Bertz CT molecular complexity index is 1760. The number of aryl methyl sites for hydroxylation is 2. The Labute approximate surface area is 307 Å². The van der Waals surface area contributed by atoms with Crippen molar-refractivity contribution in [3.8, 4) is 11.5 Å². The van der Waals surface area contributed by atoms with Gasteiger partial charge < -0.3 is 24.7 Å². The maximum Gasteiger partial charge on any atom is 0.573 e. The molecular weight excluding hydrogens is 728 g/mol. The van der Waals surface area contributed by atoms with Gasteiger partial charge in [0, 0.05) is 5.56 Å². The lowest BCUT2D eigenvalue weighted by Gasteiger charge is -2.19. The van der Waals surface area contributed by atoms with E-state index in [1.807, 2.05) is 39.0 Å². The monoisotopic (exact) mass is 767 g/mol. The van der Waals surface area contributed by atoms with Crippen molar-refractivity contribution in [3.05, 3.63) is 100 Å². The summed E-state index contributed by atoms with van der Waals surface area (Å²) in [6.07, 6.45) is -5.44. The first-order valence-corrected chi connectivity index (χ1v) is 16.9. The topological polar surface area (TPSA) is 129 Å². The fourth-order valence-corrected chi connectivity index (χ4v) is 5.30. The van der Waals surface area contributed by atoms with Crippen LogP contribution in [0.1, 0.15) is 41.7 Å². The molecule has 0 aliphatic heterocycles. The van der Waals surface area contributed by atoms with Gasteiger partial charge in [-0.15, -0.1) is 13.2 Å². The molecule has 0 fully saturated rings. The highest BCUT2D eigenvalue weighted by molar-refractivity contribution is 7.99. The van der Waals surface area contributed by atoms with Crippen molar-refractivity contribution in [1.29, 1.82) is 0 Å². The van der Waals surface area contributed by atoms with Crippen molar-refractivity contribution in [2.45, 2.75) is 58.1 Å². The number of hydrogen-bond acceptors (Lipinski definition) is 9. The number of allylic oxidation sites excluding steroid dienone is 1. The molecule has 10 nitrogen and oxygen atoms in total. The first-order valence-electron chi connectivity index (χ1n) is 15.8. The molecule has 0 heterocycles. The van der Waals surface area contributed by atoms with Crippen molar-refractivity contribution in [2.75, 3.05) is 19.7 Å². The first kappa shape index (κ1) is 42.4. The van der Waals surface area contributed by atoms with Crippen LogP contribution in [0.15, 0.2) is 87.4 Å². The Morgan fingerprint density at radius 3 is 2.21 bits per heavy atom. The highest BCUT2D eigenvalue weighted by atomic mass is 32.2. The second kappa shape index (κ2) is 19.7. The molecular formula is C36H39F6N5O5S. The SMILES string of the molecule is COc1cc(C)c(C/C=C(\C)C(N/N=C/c2ccc(C(N)=NC=Nc3ccc(OC(F)(F)F)cc3)cc2)SCOC(=O)C(C)OCC(F)(F)F)c(C)c1. The zero-order valence-corrected chi connectivity index (χ0v) is 30.2. The van der Waals surface area contributed by atoms with E-state index in [1.54, 1.807) is 37.6 Å². The second-order valence-corrected chi connectivity index (χ2v) is 12.4. The number of nitrogens with zero attached hydrogens (tertiary/aromatic N) is 3. The van der Waals surface area contributed by atoms with E-state index in [1.165, 1.54) is 37.2 Å². The van der Waals surface area contributed by atoms with Crippen molar-refractivity contribution < 1.29 is 50.1 Å². The number of nitrogens with two attached hydrogens (primary N) is 1. The summed E-state index contributed by atoms with van der Waals surface area (Å²) in [6.45, 7) is 5.48. The third-order valence-corrected chi connectivity index (χ3v) is 8.36. The number of hydrogen-bond donors (Lipinski definition) is 2. The Kier molecular flexibility index (Phi) is 15.8. The van der Waals surface area contributed by atoms with Gasteiger partial charge >= 0.3 is 18.5 Å². The molecule has 3 rings (SSSR count). The minimum Gasteiger partial charge on any atom is -0.497 e. The zero-order valence-electron chi connectivity index (χ0n) is 29.4. The van der Waals surface area contributed by atoms with E-state index in [0.29, 0.717) is 23.2 Å². The lowest BCUT2D eigenvalue weighted by molar-refractivity contribution is -0.274. The number of carbonyl (C=O) groups is 1. The van der Waals surface area contributed by atoms with Crippen LogP contribution in [0.4, 0.5) is 32.0 Å². The van der Waals surface area contributed by atoms with Crippen LogP contribution in [-0.2, 0) is 20.7 Å². The van der Waals surface area contributed by atoms with Gasteiger partial charge in [0.15, 0.2) is 6.10 Å². The summed E-state index contributed by atoms with van der Waals surface area (Å²) in [5.74, 6) is -0.600. The number of thioether (sulfide) groups is 1. The molecule has 53 heavy (non-hydrogen) atoms. The molecule has 0 amide bonds. The number of halogens is 6. The molecule has 3 aromatic carbocycles. The number of alkyl halides is 6. The van der Waals surface area contributed by atoms with Crippen LogP contribution < -0.4 is 20.6 Å². The van der Waals surface area contributed by atoms with Crippen molar-refractivity contribution >= 4 is 41.8 Å². The van der Waals surface area contributed by atoms with E-state index < -0.39 is 36.6 Å². The van der Waals surface area contributed by atoms with Crippen LogP contribution in [0.25, 0.3) is 0 Å². The van der Waals surface area contributed by atoms with E-state index in [0.717, 1.165) is 40.1 Å². The third kappa shape index (κ3) is 15.2. The van der Waals surface area contributed by atoms with Crippen LogP contribution in [0.3, 0.4) is 0 Å². The highest BCUT2D eigenvalue weighted by Gasteiger charge is 2.31. The summed E-state index contributed by atoms with van der Waals surface area (Å²) < 4.78 is 93.4. The Hall–Kier alpha value is -5.03. The molecule has 17 heteroatoms. The van der Waals surface area contributed by atoms with E-state index in [2.05, 4.69) is 30.0 Å². The lowest BCUT2D eigenvalue weighted by atomic mass is 9.98. The lowest BCUT2D eigenvalue weighted by Crippen LogP contribution is -2.29. The van der Waals surface area contributed by atoms with Gasteiger partial charge in [-0.2, -0.15) is 18.3 Å². The van der Waals surface area contributed by atoms with Crippen molar-refractivity contribution in [2.24, 2.45) is 20.8 Å². The van der Waals surface area contributed by atoms with Gasteiger partial charge in [0.05, 0.1) is 19.0 Å². The van der Waals surface area contributed by atoms with E-state index in [9.17, 15) is 31.1 Å². The number of hydrazone groups is 1. The molecule has 0 saturated heterocycles. The van der Waals surface area contributed by atoms with Crippen molar-refractivity contribution in [3.63, 3.8) is 0 Å². The van der Waals surface area contributed by atoms with Gasteiger partial charge in [0.1, 0.15) is 41.6 Å². The predicted octanol–water partition coefficient (Wildman–Crippen LogP) is 7.92. The number of nitrogens with one attached hydrogen (secondary N) is 1. The van der Waals surface area contributed by atoms with Crippen LogP contribution in [0.5, 0.6) is 11.5 Å². The normalized spacial score (nSPS) is 14.0. The maximum absolute atomic E-state index is 12.5. The third-order valence-electron chi connectivity index (χ3n) is 7.30. The van der Waals surface area contributed by atoms with Crippen LogP contribution >= 0.6 is 11.8 Å². The van der Waals surface area contributed by atoms with Crippen molar-refractivity contribution in [1.82, 2.24) is 5.43 Å². The van der Waals surface area contributed by atoms with Gasteiger partial charge in [-0.25, -0.2) is 14.8 Å². The number of ether oxygens (including phenoxy) is 4. The number of amidine groups is 1. The van der Waals surface area contributed by atoms with E-state index in [4.69, 9.17) is 15.2 Å². The molecule has 2 unspecified atom stereocenters. The quantitative estimate of drug-likeness (QED) is 0.0270. The van der Waals surface area contributed by atoms with Gasteiger partial charge in [0.25, 0.3) is 0 Å². The van der Waals surface area contributed by atoms with E-state index in [-0.39, 0.29) is 17.5 Å². The Morgan fingerprint density at radius 2 is 1.62 bits per heavy atom. The number of esters is 1. The molecule has 0 radical (unpaired) electrons. The standard InChI is InChI=1S/C36H39F6N5O5S/c1-22(6-15-31-23(2)16-30(49-5)17-24(31)3)33(53-21-51-34(48)25(4)50-19-35(37,38)39)47-46-18-26-7-9-27(10-8-26)32(43)45-20-44-28-11-13-29(14-12-28)52-36(40,41)42/h6-14,16-18,20,25,33,47H,15,19,21H2,1-5H3,(H2,43,44,45)/b22-6+,46-18+. The molecule has 0 spiro atoms. The van der Waals surface area contributed by atoms with E-state index >= 15 is 0 Å². The summed E-state index contributed by atoms with van der Waals surface area (Å²) >= 11 is 1.17. The van der Waals surface area contributed by atoms with Gasteiger partial charge in [0.2, 0.25) is 0 Å². The van der Waals surface area contributed by atoms with Crippen LogP contribution in [0.2, 0.25) is 0 Å². The summed E-state index contributed by atoms with van der Waals surface area (Å²) in [5.41, 5.74) is 14.8. The number of rotatable bonds is 17. The Morgan fingerprint density at radius 1 is 0.981 bits per heavy atom. The predicted molar refractivity (Wildman–Crippen MR) is 193 cm³/mol. The number of methoxy groups -OCH3 is 1. The van der Waals surface area contributed by atoms with Crippen LogP contribution in [-0.4, -0.2) is 68.0 Å². The first-order chi connectivity index (χ1) is 24.9. The number of benzene rings is 3. The average Bonchev–Trinajstić information content (AvgIpc) is 3.09. The highest BCUT2D eigenvalue weighted by Crippen LogP contribution is 2.26. The molecule has 286 valence electrons. The summed E-state index contributed by atoms with van der Waals surface area (Å²) in [7, 11) is 1.60. The van der Waals surface area contributed by atoms with Gasteiger partial charge in [-0.05, 0) is 98.3 Å². The zero-order chi connectivity index (χ0) is 39.2. The molecule has 0 aliphatic carbocycles. The largest absolute Gasteiger partial charge is 0.573 e.